The van der Waals surface area contributed by atoms with E-state index in [1.807, 2.05) is 27.7 Å². The number of sulfonamides is 1. The number of benzene rings is 1. The van der Waals surface area contributed by atoms with E-state index < -0.39 is 16.1 Å². The Morgan fingerprint density at radius 2 is 1.76 bits per heavy atom. The van der Waals surface area contributed by atoms with Crippen LogP contribution < -0.4 is 14.8 Å². The quantitative estimate of drug-likeness (QED) is 0.663. The Labute approximate surface area is 151 Å². The second kappa shape index (κ2) is 9.77. The fraction of sp³-hybridized carbons (Fsp3) is 0.611. The molecule has 2 unspecified atom stereocenters. The first-order valence-electron chi connectivity index (χ1n) is 8.66. The van der Waals surface area contributed by atoms with Crippen LogP contribution in [-0.2, 0) is 14.8 Å². The summed E-state index contributed by atoms with van der Waals surface area (Å²) in [6.07, 6.45) is 2.24. The normalized spacial score (nSPS) is 14.2. The summed E-state index contributed by atoms with van der Waals surface area (Å²) >= 11 is 0. The predicted molar refractivity (Wildman–Crippen MR) is 99.1 cm³/mol. The summed E-state index contributed by atoms with van der Waals surface area (Å²) in [5.41, 5.74) is 0. The zero-order valence-electron chi connectivity index (χ0n) is 15.7. The number of methoxy groups -OCH3 is 1. The summed E-state index contributed by atoms with van der Waals surface area (Å²) in [4.78, 5) is 12.6. The average molecular weight is 371 g/mol. The van der Waals surface area contributed by atoms with Crippen LogP contribution in [0.5, 0.6) is 5.75 Å². The molecule has 0 saturated carbocycles. The Balaban J connectivity index is 2.93. The summed E-state index contributed by atoms with van der Waals surface area (Å²) in [7, 11) is -2.27. The second-order valence-corrected chi connectivity index (χ2v) is 8.39. The largest absolute Gasteiger partial charge is 0.497 e. The van der Waals surface area contributed by atoms with Gasteiger partial charge >= 0.3 is 0 Å². The van der Waals surface area contributed by atoms with Gasteiger partial charge in [-0.2, -0.15) is 4.72 Å². The molecule has 0 aliphatic carbocycles. The molecule has 1 aromatic rings. The van der Waals surface area contributed by atoms with Crippen molar-refractivity contribution in [1.82, 2.24) is 10.0 Å². The number of carbonyl (C=O) groups excluding carboxylic acids is 1. The van der Waals surface area contributed by atoms with Crippen molar-refractivity contribution < 1.29 is 17.9 Å². The molecule has 0 saturated heterocycles. The summed E-state index contributed by atoms with van der Waals surface area (Å²) in [5, 5.41) is 2.89. The molecule has 142 valence electrons. The van der Waals surface area contributed by atoms with Gasteiger partial charge in [0.15, 0.2) is 0 Å². The van der Waals surface area contributed by atoms with Gasteiger partial charge in [0.1, 0.15) is 11.8 Å². The molecule has 0 bridgehead atoms. The van der Waals surface area contributed by atoms with Crippen molar-refractivity contribution in [1.29, 1.82) is 0 Å². The van der Waals surface area contributed by atoms with Gasteiger partial charge in [-0.3, -0.25) is 4.79 Å². The van der Waals surface area contributed by atoms with E-state index in [0.29, 0.717) is 12.2 Å². The van der Waals surface area contributed by atoms with Crippen LogP contribution in [0.3, 0.4) is 0 Å². The Morgan fingerprint density at radius 1 is 1.16 bits per heavy atom. The lowest BCUT2D eigenvalue weighted by Crippen LogP contribution is -2.49. The van der Waals surface area contributed by atoms with Crippen LogP contribution in [0.4, 0.5) is 0 Å². The van der Waals surface area contributed by atoms with Crippen molar-refractivity contribution in [2.75, 3.05) is 7.11 Å². The molecular formula is C18H30N2O4S. The van der Waals surface area contributed by atoms with Gasteiger partial charge in [0.25, 0.3) is 0 Å². The third kappa shape index (κ3) is 7.04. The van der Waals surface area contributed by atoms with Gasteiger partial charge in [-0.25, -0.2) is 8.42 Å². The van der Waals surface area contributed by atoms with Crippen molar-refractivity contribution in [3.05, 3.63) is 24.3 Å². The van der Waals surface area contributed by atoms with Gasteiger partial charge in [0.2, 0.25) is 15.9 Å². The van der Waals surface area contributed by atoms with Gasteiger partial charge in [-0.15, -0.1) is 0 Å². The molecule has 7 heteroatoms. The first-order chi connectivity index (χ1) is 11.7. The third-order valence-corrected chi connectivity index (χ3v) is 5.29. The molecule has 0 aliphatic heterocycles. The molecule has 0 radical (unpaired) electrons. The van der Waals surface area contributed by atoms with Crippen molar-refractivity contribution in [3.8, 4) is 5.75 Å². The van der Waals surface area contributed by atoms with Crippen molar-refractivity contribution in [2.24, 2.45) is 5.92 Å². The van der Waals surface area contributed by atoms with Gasteiger partial charge < -0.3 is 10.1 Å². The van der Waals surface area contributed by atoms with E-state index >= 15 is 0 Å². The van der Waals surface area contributed by atoms with Crippen molar-refractivity contribution in [2.45, 2.75) is 63.9 Å². The van der Waals surface area contributed by atoms with Crippen molar-refractivity contribution in [3.63, 3.8) is 0 Å². The lowest BCUT2D eigenvalue weighted by Gasteiger charge is -2.22. The molecule has 6 nitrogen and oxygen atoms in total. The number of rotatable bonds is 10. The van der Waals surface area contributed by atoms with E-state index in [1.54, 1.807) is 12.1 Å². The van der Waals surface area contributed by atoms with E-state index in [1.165, 1.54) is 19.2 Å². The lowest BCUT2D eigenvalue weighted by atomic mass is 10.0. The molecule has 1 aromatic carbocycles. The highest BCUT2D eigenvalue weighted by atomic mass is 32.2. The maximum Gasteiger partial charge on any atom is 0.241 e. The van der Waals surface area contributed by atoms with Gasteiger partial charge in [0.05, 0.1) is 12.0 Å². The van der Waals surface area contributed by atoms with Crippen LogP contribution in [-0.4, -0.2) is 33.5 Å². The van der Waals surface area contributed by atoms with Crippen LogP contribution in [0.15, 0.2) is 29.2 Å². The Morgan fingerprint density at radius 3 is 2.24 bits per heavy atom. The summed E-state index contributed by atoms with van der Waals surface area (Å²) < 4.78 is 32.8. The summed E-state index contributed by atoms with van der Waals surface area (Å²) in [6.45, 7) is 7.88. The van der Waals surface area contributed by atoms with Crippen LogP contribution in [0.2, 0.25) is 0 Å². The Hall–Kier alpha value is -1.60. The number of nitrogens with one attached hydrogen (secondary N) is 2. The number of ether oxygens (including phenoxy) is 1. The Kier molecular flexibility index (Phi) is 8.38. The SMILES string of the molecule is CCCC(C)NC(=O)C(CC(C)C)NS(=O)(=O)c1ccc(OC)cc1. The minimum atomic E-state index is -3.79. The zero-order valence-corrected chi connectivity index (χ0v) is 16.5. The highest BCUT2D eigenvalue weighted by Crippen LogP contribution is 2.17. The molecular weight excluding hydrogens is 340 g/mol. The highest BCUT2D eigenvalue weighted by Gasteiger charge is 2.27. The molecule has 1 amide bonds. The van der Waals surface area contributed by atoms with E-state index in [-0.39, 0.29) is 22.8 Å². The standard InChI is InChI=1S/C18H30N2O4S/c1-6-7-14(4)19-18(21)17(12-13(2)3)20-25(22,23)16-10-8-15(24-5)9-11-16/h8-11,13-14,17,20H,6-7,12H2,1-5H3,(H,19,21). The monoisotopic (exact) mass is 370 g/mol. The smallest absolute Gasteiger partial charge is 0.241 e. The number of carbonyl (C=O) groups is 1. The molecule has 2 atom stereocenters. The fourth-order valence-electron chi connectivity index (χ4n) is 2.54. The third-order valence-electron chi connectivity index (χ3n) is 3.80. The molecule has 1 rings (SSSR count). The molecule has 0 aromatic heterocycles. The Bertz CT molecular complexity index is 642. The van der Waals surface area contributed by atoms with E-state index in [2.05, 4.69) is 10.0 Å². The van der Waals surface area contributed by atoms with Gasteiger partial charge in [0, 0.05) is 6.04 Å². The topological polar surface area (TPSA) is 84.5 Å². The van der Waals surface area contributed by atoms with Crippen LogP contribution in [0, 0.1) is 5.92 Å². The van der Waals surface area contributed by atoms with Crippen molar-refractivity contribution >= 4 is 15.9 Å². The van der Waals surface area contributed by atoms with E-state index in [9.17, 15) is 13.2 Å². The number of hydrogen-bond donors (Lipinski definition) is 2. The number of hydrogen-bond acceptors (Lipinski definition) is 4. The minimum Gasteiger partial charge on any atom is -0.497 e. The predicted octanol–water partition coefficient (Wildman–Crippen LogP) is 2.69. The fourth-order valence-corrected chi connectivity index (χ4v) is 3.75. The molecule has 2 N–H and O–H groups in total. The molecule has 0 fully saturated rings. The number of amides is 1. The molecule has 25 heavy (non-hydrogen) atoms. The minimum absolute atomic E-state index is 0.0117. The highest BCUT2D eigenvalue weighted by molar-refractivity contribution is 7.89. The van der Waals surface area contributed by atoms with Gasteiger partial charge in [-0.1, -0.05) is 27.2 Å². The lowest BCUT2D eigenvalue weighted by molar-refractivity contribution is -0.123. The first-order valence-corrected chi connectivity index (χ1v) is 10.1. The maximum absolute atomic E-state index is 12.6. The van der Waals surface area contributed by atoms with Crippen LogP contribution >= 0.6 is 0 Å². The van der Waals surface area contributed by atoms with Crippen LogP contribution in [0.1, 0.15) is 47.0 Å². The summed E-state index contributed by atoms with van der Waals surface area (Å²) in [6, 6.07) is 5.30. The summed E-state index contributed by atoms with van der Waals surface area (Å²) in [5.74, 6) is 0.464. The average Bonchev–Trinajstić information content (AvgIpc) is 2.53. The molecule has 0 spiro atoms. The second-order valence-electron chi connectivity index (χ2n) is 6.68. The molecule has 0 heterocycles. The molecule has 0 aliphatic rings. The first kappa shape index (κ1) is 21.4. The van der Waals surface area contributed by atoms with Gasteiger partial charge in [-0.05, 0) is 49.9 Å². The van der Waals surface area contributed by atoms with E-state index in [0.717, 1.165) is 12.8 Å². The van der Waals surface area contributed by atoms with Crippen LogP contribution in [0.25, 0.3) is 0 Å². The maximum atomic E-state index is 12.6. The van der Waals surface area contributed by atoms with E-state index in [4.69, 9.17) is 4.74 Å². The zero-order chi connectivity index (χ0) is 19.0.